The van der Waals surface area contributed by atoms with E-state index in [4.69, 9.17) is 16.3 Å². The Hall–Kier alpha value is -2.64. The summed E-state index contributed by atoms with van der Waals surface area (Å²) < 4.78 is 18.2. The van der Waals surface area contributed by atoms with E-state index >= 15 is 0 Å². The normalized spacial score (nSPS) is 10.5. The lowest BCUT2D eigenvalue weighted by molar-refractivity contribution is -0.113. The molecule has 0 aliphatic heterocycles. The molecule has 138 valence electrons. The molecule has 0 saturated carbocycles. The molecule has 0 atom stereocenters. The quantitative estimate of drug-likeness (QED) is 0.605. The van der Waals surface area contributed by atoms with Crippen molar-refractivity contribution in [1.82, 2.24) is 10.2 Å². The van der Waals surface area contributed by atoms with E-state index in [-0.39, 0.29) is 17.5 Å². The number of carbonyl (C=O) groups is 1. The topological polar surface area (TPSA) is 64.1 Å². The Morgan fingerprint density at radius 3 is 2.59 bits per heavy atom. The fourth-order valence-corrected chi connectivity index (χ4v) is 3.06. The van der Waals surface area contributed by atoms with E-state index < -0.39 is 0 Å². The molecular weight excluding hydrogens is 389 g/mol. The van der Waals surface area contributed by atoms with Gasteiger partial charge >= 0.3 is 0 Å². The van der Waals surface area contributed by atoms with Gasteiger partial charge in [-0.1, -0.05) is 23.4 Å². The lowest BCUT2D eigenvalue weighted by Crippen LogP contribution is -2.14. The first-order chi connectivity index (χ1) is 13.0. The van der Waals surface area contributed by atoms with Crippen LogP contribution in [-0.4, -0.2) is 29.0 Å². The maximum absolute atomic E-state index is 13.0. The summed E-state index contributed by atoms with van der Waals surface area (Å²) in [6, 6.07) is 14.6. The monoisotopic (exact) mass is 403 g/mol. The summed E-state index contributed by atoms with van der Waals surface area (Å²) in [5.41, 5.74) is 1.91. The van der Waals surface area contributed by atoms with Crippen molar-refractivity contribution in [2.45, 2.75) is 5.03 Å². The van der Waals surface area contributed by atoms with Gasteiger partial charge in [-0.2, -0.15) is 0 Å². The summed E-state index contributed by atoms with van der Waals surface area (Å²) in [6.07, 6.45) is 0. The van der Waals surface area contributed by atoms with E-state index in [2.05, 4.69) is 15.5 Å². The van der Waals surface area contributed by atoms with Crippen molar-refractivity contribution in [1.29, 1.82) is 0 Å². The number of hydrogen-bond acceptors (Lipinski definition) is 5. The zero-order valence-corrected chi connectivity index (χ0v) is 15.9. The molecule has 0 bridgehead atoms. The standard InChI is InChI=1S/C19H15ClFN3O2S/c1-26-17-8-4-13(20)10-16(17)22-18(25)11-27-19-9-7-15(23-24-19)12-2-5-14(21)6-3-12/h2-10H,11H2,1H3,(H,22,25). The van der Waals surface area contributed by atoms with Gasteiger partial charge in [-0.15, -0.1) is 10.2 Å². The Labute approximate surface area is 164 Å². The van der Waals surface area contributed by atoms with Crippen molar-refractivity contribution in [2.75, 3.05) is 18.2 Å². The van der Waals surface area contributed by atoms with Gasteiger partial charge in [-0.25, -0.2) is 4.39 Å². The van der Waals surface area contributed by atoms with E-state index in [1.807, 2.05) is 0 Å². The second-order valence-corrected chi connectivity index (χ2v) is 6.88. The maximum atomic E-state index is 13.0. The van der Waals surface area contributed by atoms with Crippen molar-refractivity contribution in [3.8, 4) is 17.0 Å². The molecule has 27 heavy (non-hydrogen) atoms. The molecule has 2 aromatic carbocycles. The van der Waals surface area contributed by atoms with Crippen LogP contribution in [0.4, 0.5) is 10.1 Å². The minimum Gasteiger partial charge on any atom is -0.495 e. The number of nitrogens with zero attached hydrogens (tertiary/aromatic N) is 2. The van der Waals surface area contributed by atoms with Gasteiger partial charge in [0.05, 0.1) is 24.2 Å². The molecule has 0 fully saturated rings. The van der Waals surface area contributed by atoms with Crippen LogP contribution in [0.5, 0.6) is 5.75 Å². The first-order valence-corrected chi connectivity index (χ1v) is 9.27. The van der Waals surface area contributed by atoms with Gasteiger partial charge in [0, 0.05) is 10.6 Å². The first kappa shape index (κ1) is 19.1. The van der Waals surface area contributed by atoms with Gasteiger partial charge < -0.3 is 10.1 Å². The molecule has 3 rings (SSSR count). The summed E-state index contributed by atoms with van der Waals surface area (Å²) in [6.45, 7) is 0. The average Bonchev–Trinajstić information content (AvgIpc) is 2.68. The van der Waals surface area contributed by atoms with Crippen molar-refractivity contribution in [3.05, 3.63) is 65.4 Å². The Morgan fingerprint density at radius 1 is 1.15 bits per heavy atom. The SMILES string of the molecule is COc1ccc(Cl)cc1NC(=O)CSc1ccc(-c2ccc(F)cc2)nn1. The fourth-order valence-electron chi connectivity index (χ4n) is 2.28. The summed E-state index contributed by atoms with van der Waals surface area (Å²) in [5.74, 6) is 0.160. The number of anilines is 1. The average molecular weight is 404 g/mol. The third kappa shape index (κ3) is 5.18. The first-order valence-electron chi connectivity index (χ1n) is 7.91. The third-order valence-corrected chi connectivity index (χ3v) is 4.72. The van der Waals surface area contributed by atoms with Crippen LogP contribution in [0.2, 0.25) is 5.02 Å². The zero-order valence-electron chi connectivity index (χ0n) is 14.3. The molecule has 0 aliphatic rings. The van der Waals surface area contributed by atoms with Crippen LogP contribution < -0.4 is 10.1 Å². The van der Waals surface area contributed by atoms with E-state index in [9.17, 15) is 9.18 Å². The number of halogens is 2. The third-order valence-electron chi connectivity index (χ3n) is 3.57. The summed E-state index contributed by atoms with van der Waals surface area (Å²) in [4.78, 5) is 12.2. The van der Waals surface area contributed by atoms with Crippen LogP contribution in [0.1, 0.15) is 0 Å². The lowest BCUT2D eigenvalue weighted by atomic mass is 10.1. The number of benzene rings is 2. The van der Waals surface area contributed by atoms with Crippen LogP contribution in [0.15, 0.2) is 59.6 Å². The molecule has 5 nitrogen and oxygen atoms in total. The molecule has 1 amide bonds. The number of methoxy groups -OCH3 is 1. The minimum absolute atomic E-state index is 0.153. The van der Waals surface area contributed by atoms with Crippen molar-refractivity contribution in [2.24, 2.45) is 0 Å². The number of thioether (sulfide) groups is 1. The number of aromatic nitrogens is 2. The summed E-state index contributed by atoms with van der Waals surface area (Å²) in [7, 11) is 1.52. The van der Waals surface area contributed by atoms with Gasteiger partial charge in [0.25, 0.3) is 0 Å². The van der Waals surface area contributed by atoms with E-state index in [0.717, 1.165) is 5.56 Å². The number of carbonyl (C=O) groups excluding carboxylic acids is 1. The van der Waals surface area contributed by atoms with E-state index in [0.29, 0.717) is 27.2 Å². The van der Waals surface area contributed by atoms with Crippen molar-refractivity contribution in [3.63, 3.8) is 0 Å². The van der Waals surface area contributed by atoms with Gasteiger partial charge in [0.1, 0.15) is 16.6 Å². The van der Waals surface area contributed by atoms with Gasteiger partial charge in [0.2, 0.25) is 5.91 Å². The van der Waals surface area contributed by atoms with E-state index in [1.54, 1.807) is 42.5 Å². The molecular formula is C19H15ClFN3O2S. The Kier molecular flexibility index (Phi) is 6.26. The summed E-state index contributed by atoms with van der Waals surface area (Å²) in [5, 5.41) is 12.1. The van der Waals surface area contributed by atoms with Crippen LogP contribution in [0, 0.1) is 5.82 Å². The largest absolute Gasteiger partial charge is 0.495 e. The lowest BCUT2D eigenvalue weighted by Gasteiger charge is -2.10. The Morgan fingerprint density at radius 2 is 1.93 bits per heavy atom. The number of ether oxygens (including phenoxy) is 1. The number of amides is 1. The highest BCUT2D eigenvalue weighted by Gasteiger charge is 2.10. The highest BCUT2D eigenvalue weighted by molar-refractivity contribution is 7.99. The van der Waals surface area contributed by atoms with Crippen molar-refractivity contribution < 1.29 is 13.9 Å². The maximum Gasteiger partial charge on any atom is 0.234 e. The molecule has 3 aromatic rings. The highest BCUT2D eigenvalue weighted by atomic mass is 35.5. The summed E-state index contributed by atoms with van der Waals surface area (Å²) >= 11 is 7.21. The Bertz CT molecular complexity index is 937. The molecule has 1 heterocycles. The number of rotatable bonds is 6. The molecule has 0 aliphatic carbocycles. The molecule has 1 aromatic heterocycles. The fraction of sp³-hybridized carbons (Fsp3) is 0.105. The minimum atomic E-state index is -0.304. The number of nitrogens with one attached hydrogen (secondary N) is 1. The van der Waals surface area contributed by atoms with E-state index in [1.165, 1.54) is 31.0 Å². The number of hydrogen-bond donors (Lipinski definition) is 1. The van der Waals surface area contributed by atoms with Crippen LogP contribution in [0.3, 0.4) is 0 Å². The molecule has 0 radical (unpaired) electrons. The van der Waals surface area contributed by atoms with Gasteiger partial charge in [-0.3, -0.25) is 4.79 Å². The predicted octanol–water partition coefficient (Wildman–Crippen LogP) is 4.68. The van der Waals surface area contributed by atoms with Gasteiger partial charge in [-0.05, 0) is 54.6 Å². The smallest absolute Gasteiger partial charge is 0.234 e. The van der Waals surface area contributed by atoms with Crippen molar-refractivity contribution >= 4 is 35.0 Å². The highest BCUT2D eigenvalue weighted by Crippen LogP contribution is 2.28. The zero-order chi connectivity index (χ0) is 19.2. The van der Waals surface area contributed by atoms with Gasteiger partial charge in [0.15, 0.2) is 0 Å². The second kappa shape index (κ2) is 8.83. The molecule has 0 spiro atoms. The predicted molar refractivity (Wildman–Crippen MR) is 105 cm³/mol. The van der Waals surface area contributed by atoms with Crippen LogP contribution in [0.25, 0.3) is 11.3 Å². The Balaban J connectivity index is 1.59. The van der Waals surface area contributed by atoms with Crippen LogP contribution in [-0.2, 0) is 4.79 Å². The molecule has 0 saturated heterocycles. The second-order valence-electron chi connectivity index (χ2n) is 5.45. The molecule has 1 N–H and O–H groups in total. The molecule has 0 unspecified atom stereocenters. The van der Waals surface area contributed by atoms with Crippen LogP contribution >= 0.6 is 23.4 Å². The molecule has 8 heteroatoms.